The highest BCUT2D eigenvalue weighted by Gasteiger charge is 2.33. The van der Waals surface area contributed by atoms with Gasteiger partial charge in [-0.2, -0.15) is 26.3 Å². The molecule has 2 aromatic carbocycles. The molecule has 0 unspecified atom stereocenters. The maximum atomic E-state index is 12.9. The summed E-state index contributed by atoms with van der Waals surface area (Å²) in [6.45, 7) is 0. The Labute approximate surface area is 149 Å². The minimum absolute atomic E-state index is 0.0106. The monoisotopic (exact) mass is 390 g/mol. The predicted octanol–water partition coefficient (Wildman–Crippen LogP) is 4.69. The number of amides is 2. The zero-order chi connectivity index (χ0) is 20.2. The van der Waals surface area contributed by atoms with Crippen LogP contribution in [-0.2, 0) is 21.9 Å². The highest BCUT2D eigenvalue weighted by atomic mass is 19.4. The van der Waals surface area contributed by atoms with E-state index in [1.807, 2.05) is 5.32 Å². The van der Waals surface area contributed by atoms with Gasteiger partial charge in [-0.25, -0.2) is 0 Å². The van der Waals surface area contributed by atoms with E-state index in [1.165, 1.54) is 6.07 Å². The van der Waals surface area contributed by atoms with Crippen LogP contribution in [-0.4, -0.2) is 11.8 Å². The molecule has 0 spiro atoms. The second kappa shape index (κ2) is 7.68. The van der Waals surface area contributed by atoms with Crippen molar-refractivity contribution in [2.24, 2.45) is 0 Å². The van der Waals surface area contributed by atoms with Crippen molar-refractivity contribution in [2.45, 2.75) is 18.8 Å². The van der Waals surface area contributed by atoms with Crippen molar-refractivity contribution in [1.29, 1.82) is 0 Å². The smallest absolute Gasteiger partial charge is 0.326 e. The summed E-state index contributed by atoms with van der Waals surface area (Å²) in [7, 11) is 0. The molecule has 2 amide bonds. The summed E-state index contributed by atoms with van der Waals surface area (Å²) in [5, 5.41) is 4.19. The van der Waals surface area contributed by atoms with E-state index in [2.05, 4.69) is 5.32 Å². The van der Waals surface area contributed by atoms with Gasteiger partial charge in [0.05, 0.1) is 16.8 Å². The first kappa shape index (κ1) is 20.3. The second-order valence-electron chi connectivity index (χ2n) is 5.39. The molecule has 144 valence electrons. The van der Waals surface area contributed by atoms with Crippen molar-refractivity contribution in [2.75, 3.05) is 10.6 Å². The largest absolute Gasteiger partial charge is 0.418 e. The average molecular weight is 390 g/mol. The van der Waals surface area contributed by atoms with Crippen molar-refractivity contribution in [3.05, 3.63) is 59.7 Å². The highest BCUT2D eigenvalue weighted by molar-refractivity contribution is 6.08. The number of hydrogen-bond donors (Lipinski definition) is 2. The molecule has 0 aliphatic carbocycles. The third-order valence-corrected chi connectivity index (χ3v) is 3.32. The van der Waals surface area contributed by atoms with Gasteiger partial charge in [0.25, 0.3) is 0 Å². The van der Waals surface area contributed by atoms with Gasteiger partial charge in [0.1, 0.15) is 6.42 Å². The summed E-state index contributed by atoms with van der Waals surface area (Å²) in [6, 6.07) is 7.73. The first-order valence-electron chi connectivity index (χ1n) is 7.40. The van der Waals surface area contributed by atoms with Gasteiger partial charge in [0, 0.05) is 5.69 Å². The van der Waals surface area contributed by atoms with Crippen LogP contribution in [0.5, 0.6) is 0 Å². The molecule has 0 saturated carbocycles. The van der Waals surface area contributed by atoms with Gasteiger partial charge in [-0.05, 0) is 36.4 Å². The van der Waals surface area contributed by atoms with E-state index in [1.54, 1.807) is 0 Å². The van der Waals surface area contributed by atoms with Gasteiger partial charge in [-0.3, -0.25) is 9.59 Å². The Morgan fingerprint density at radius 2 is 1.30 bits per heavy atom. The topological polar surface area (TPSA) is 58.2 Å². The summed E-state index contributed by atoms with van der Waals surface area (Å²) >= 11 is 0. The van der Waals surface area contributed by atoms with Crippen molar-refractivity contribution in [3.63, 3.8) is 0 Å². The summed E-state index contributed by atoms with van der Waals surface area (Å²) < 4.78 is 75.9. The number of benzene rings is 2. The molecule has 2 rings (SSSR count). The second-order valence-corrected chi connectivity index (χ2v) is 5.39. The van der Waals surface area contributed by atoms with Gasteiger partial charge >= 0.3 is 12.4 Å². The lowest BCUT2D eigenvalue weighted by atomic mass is 10.1. The van der Waals surface area contributed by atoms with Crippen LogP contribution in [0.25, 0.3) is 0 Å². The molecule has 4 nitrogen and oxygen atoms in total. The molecular weight excluding hydrogens is 378 g/mol. The predicted molar refractivity (Wildman–Crippen MR) is 84.8 cm³/mol. The molecule has 0 bridgehead atoms. The minimum atomic E-state index is -4.69. The lowest BCUT2D eigenvalue weighted by Crippen LogP contribution is -2.23. The Morgan fingerprint density at radius 3 is 1.85 bits per heavy atom. The van der Waals surface area contributed by atoms with Gasteiger partial charge in [-0.15, -0.1) is 0 Å². The highest BCUT2D eigenvalue weighted by Crippen LogP contribution is 2.34. The molecule has 0 fully saturated rings. The molecule has 27 heavy (non-hydrogen) atoms. The zero-order valence-corrected chi connectivity index (χ0v) is 13.4. The molecule has 0 atom stereocenters. The van der Waals surface area contributed by atoms with Crippen LogP contribution in [0.1, 0.15) is 17.5 Å². The Morgan fingerprint density at radius 1 is 0.741 bits per heavy atom. The molecule has 0 heterocycles. The summed E-state index contributed by atoms with van der Waals surface area (Å²) in [5.41, 5.74) is -2.47. The number of rotatable bonds is 4. The number of carbonyl (C=O) groups is 2. The summed E-state index contributed by atoms with van der Waals surface area (Å²) in [6.07, 6.45) is -10.0. The molecular formula is C17H12F6N2O2. The number of para-hydroxylation sites is 1. The Hall–Kier alpha value is -3.04. The van der Waals surface area contributed by atoms with E-state index in [0.717, 1.165) is 42.5 Å². The van der Waals surface area contributed by atoms with Gasteiger partial charge < -0.3 is 10.6 Å². The Bertz CT molecular complexity index is 829. The van der Waals surface area contributed by atoms with Crippen LogP contribution in [0.15, 0.2) is 48.5 Å². The van der Waals surface area contributed by atoms with Crippen LogP contribution < -0.4 is 10.6 Å². The standard InChI is InChI=1S/C17H12F6N2O2/c18-16(19,20)10-5-7-11(8-6-10)24-14(26)9-15(27)25-13-4-2-1-3-12(13)17(21,22)23/h1-8H,9H2,(H,24,26)(H,25,27). The van der Waals surface area contributed by atoms with E-state index >= 15 is 0 Å². The molecule has 10 heteroatoms. The lowest BCUT2D eigenvalue weighted by molar-refractivity contribution is -0.138. The number of nitrogens with one attached hydrogen (secondary N) is 2. The van der Waals surface area contributed by atoms with Crippen LogP contribution >= 0.6 is 0 Å². The quantitative estimate of drug-likeness (QED) is 0.588. The first-order chi connectivity index (χ1) is 12.5. The van der Waals surface area contributed by atoms with E-state index < -0.39 is 47.4 Å². The van der Waals surface area contributed by atoms with Gasteiger partial charge in [-0.1, -0.05) is 12.1 Å². The summed E-state index contributed by atoms with van der Waals surface area (Å²) in [4.78, 5) is 23.6. The number of anilines is 2. The molecule has 0 aliphatic rings. The zero-order valence-electron chi connectivity index (χ0n) is 13.4. The SMILES string of the molecule is O=C(CC(=O)Nc1ccccc1C(F)(F)F)Nc1ccc(C(F)(F)F)cc1. The fourth-order valence-electron chi connectivity index (χ4n) is 2.13. The van der Waals surface area contributed by atoms with Crippen molar-refractivity contribution >= 4 is 23.2 Å². The van der Waals surface area contributed by atoms with Gasteiger partial charge in [0.2, 0.25) is 11.8 Å². The number of carbonyl (C=O) groups excluding carboxylic acids is 2. The third kappa shape index (κ3) is 5.73. The van der Waals surface area contributed by atoms with E-state index in [-0.39, 0.29) is 5.69 Å². The van der Waals surface area contributed by atoms with Crippen molar-refractivity contribution in [1.82, 2.24) is 0 Å². The van der Waals surface area contributed by atoms with Crippen LogP contribution in [0, 0.1) is 0 Å². The molecule has 0 radical (unpaired) electrons. The minimum Gasteiger partial charge on any atom is -0.326 e. The normalized spacial score (nSPS) is 11.8. The van der Waals surface area contributed by atoms with E-state index in [0.29, 0.717) is 0 Å². The van der Waals surface area contributed by atoms with Crippen molar-refractivity contribution < 1.29 is 35.9 Å². The number of halogens is 6. The molecule has 0 aromatic heterocycles. The molecule has 2 aromatic rings. The van der Waals surface area contributed by atoms with E-state index in [9.17, 15) is 35.9 Å². The lowest BCUT2D eigenvalue weighted by Gasteiger charge is -2.13. The van der Waals surface area contributed by atoms with E-state index in [4.69, 9.17) is 0 Å². The Kier molecular flexibility index (Phi) is 5.77. The molecule has 0 aliphatic heterocycles. The fourth-order valence-corrected chi connectivity index (χ4v) is 2.13. The van der Waals surface area contributed by atoms with Crippen LogP contribution in [0.2, 0.25) is 0 Å². The third-order valence-electron chi connectivity index (χ3n) is 3.32. The Balaban J connectivity index is 1.98. The van der Waals surface area contributed by atoms with Crippen molar-refractivity contribution in [3.8, 4) is 0 Å². The van der Waals surface area contributed by atoms with Gasteiger partial charge in [0.15, 0.2) is 0 Å². The first-order valence-corrected chi connectivity index (χ1v) is 7.40. The maximum Gasteiger partial charge on any atom is 0.418 e. The molecule has 2 N–H and O–H groups in total. The number of hydrogen-bond acceptors (Lipinski definition) is 2. The maximum absolute atomic E-state index is 12.9. The molecule has 0 saturated heterocycles. The van der Waals surface area contributed by atoms with Crippen LogP contribution in [0.4, 0.5) is 37.7 Å². The average Bonchev–Trinajstić information content (AvgIpc) is 2.53. The fraction of sp³-hybridized carbons (Fsp3) is 0.176. The number of alkyl halides is 6. The van der Waals surface area contributed by atoms with Crippen LogP contribution in [0.3, 0.4) is 0 Å². The summed E-state index contributed by atoms with van der Waals surface area (Å²) in [5.74, 6) is -1.90.